The molecule has 0 aromatic carbocycles. The van der Waals surface area contributed by atoms with Crippen molar-refractivity contribution in [1.29, 1.82) is 0 Å². The van der Waals surface area contributed by atoms with Crippen LogP contribution in [-0.2, 0) is 6.54 Å². The molecular weight excluding hydrogens is 247 g/mol. The molecule has 2 heterocycles. The van der Waals surface area contributed by atoms with E-state index in [4.69, 9.17) is 11.6 Å². The molecule has 0 radical (unpaired) electrons. The zero-order chi connectivity index (χ0) is 11.5. The fourth-order valence-electron chi connectivity index (χ4n) is 1.36. The fourth-order valence-corrected chi connectivity index (χ4v) is 2.50. The Morgan fingerprint density at radius 2 is 2.19 bits per heavy atom. The summed E-state index contributed by atoms with van der Waals surface area (Å²) in [6.07, 6.45) is 0. The molecule has 0 aliphatic carbocycles. The molecule has 0 aliphatic rings. The van der Waals surface area contributed by atoms with Gasteiger partial charge in [-0.25, -0.2) is 4.98 Å². The number of pyridine rings is 1. The Morgan fingerprint density at radius 1 is 1.38 bits per heavy atom. The molecular formula is C11H10ClFN2S. The number of halogens is 2. The molecule has 0 saturated carbocycles. The Hall–Kier alpha value is -1.13. The van der Waals surface area contributed by atoms with Gasteiger partial charge in [-0.1, -0.05) is 17.7 Å². The summed E-state index contributed by atoms with van der Waals surface area (Å²) in [6.45, 7) is 0.674. The molecule has 5 heteroatoms. The molecule has 0 N–H and O–H groups in total. The third kappa shape index (κ3) is 2.71. The first-order chi connectivity index (χ1) is 7.65. The van der Waals surface area contributed by atoms with Gasteiger partial charge in [0.25, 0.3) is 0 Å². The van der Waals surface area contributed by atoms with Crippen LogP contribution in [0.4, 0.5) is 10.2 Å². The van der Waals surface area contributed by atoms with Crippen LogP contribution >= 0.6 is 22.9 Å². The van der Waals surface area contributed by atoms with E-state index < -0.39 is 5.95 Å². The average molecular weight is 257 g/mol. The summed E-state index contributed by atoms with van der Waals surface area (Å²) in [5.74, 6) is 0.151. The van der Waals surface area contributed by atoms with E-state index in [0.717, 1.165) is 9.21 Å². The molecule has 0 bridgehead atoms. The van der Waals surface area contributed by atoms with Gasteiger partial charge in [0.1, 0.15) is 5.82 Å². The van der Waals surface area contributed by atoms with Crippen LogP contribution in [0.25, 0.3) is 0 Å². The second-order valence-electron chi connectivity index (χ2n) is 3.38. The molecule has 2 rings (SSSR count). The number of nitrogens with zero attached hydrogens (tertiary/aromatic N) is 2. The van der Waals surface area contributed by atoms with Crippen LogP contribution < -0.4 is 4.90 Å². The normalized spacial score (nSPS) is 10.4. The Bertz CT molecular complexity index is 486. The molecule has 0 atom stereocenters. The Labute approximate surface area is 102 Å². The van der Waals surface area contributed by atoms with Crippen molar-refractivity contribution in [1.82, 2.24) is 4.98 Å². The quantitative estimate of drug-likeness (QED) is 0.781. The van der Waals surface area contributed by atoms with Crippen LogP contribution in [0.15, 0.2) is 30.3 Å². The van der Waals surface area contributed by atoms with Crippen molar-refractivity contribution in [3.8, 4) is 0 Å². The average Bonchev–Trinajstić information content (AvgIpc) is 2.64. The summed E-state index contributed by atoms with van der Waals surface area (Å²) in [4.78, 5) is 6.81. The fraction of sp³-hybridized carbons (Fsp3) is 0.182. The summed E-state index contributed by atoms with van der Waals surface area (Å²) in [5, 5.41) is 0. The minimum atomic E-state index is -0.464. The SMILES string of the molecule is CN(Cc1ccc(Cl)s1)c1cccc(F)n1. The number of anilines is 1. The molecule has 0 saturated heterocycles. The first-order valence-corrected chi connectivity index (χ1v) is 5.92. The lowest BCUT2D eigenvalue weighted by atomic mass is 10.4. The molecule has 84 valence electrons. The van der Waals surface area contributed by atoms with Crippen LogP contribution in [0.5, 0.6) is 0 Å². The van der Waals surface area contributed by atoms with Crippen LogP contribution in [-0.4, -0.2) is 12.0 Å². The van der Waals surface area contributed by atoms with Gasteiger partial charge in [-0.2, -0.15) is 4.39 Å². The van der Waals surface area contributed by atoms with Gasteiger partial charge in [0, 0.05) is 11.9 Å². The van der Waals surface area contributed by atoms with Crippen LogP contribution in [0.3, 0.4) is 0 Å². The third-order valence-corrected chi connectivity index (χ3v) is 3.33. The standard InChI is InChI=1S/C11H10ClFN2S/c1-15(7-8-5-6-9(12)16-8)11-4-2-3-10(13)14-11/h2-6H,7H2,1H3. The first-order valence-electron chi connectivity index (χ1n) is 4.73. The number of hydrogen-bond acceptors (Lipinski definition) is 3. The predicted octanol–water partition coefficient (Wildman–Crippen LogP) is 3.57. The van der Waals surface area contributed by atoms with E-state index in [1.54, 1.807) is 12.1 Å². The molecule has 0 fully saturated rings. The van der Waals surface area contributed by atoms with Crippen molar-refractivity contribution in [3.63, 3.8) is 0 Å². The largest absolute Gasteiger partial charge is 0.354 e. The number of rotatable bonds is 3. The number of thiophene rings is 1. The third-order valence-electron chi connectivity index (χ3n) is 2.11. The minimum Gasteiger partial charge on any atom is -0.354 e. The highest BCUT2D eigenvalue weighted by Gasteiger charge is 2.06. The second kappa shape index (κ2) is 4.80. The monoisotopic (exact) mass is 256 g/mol. The van der Waals surface area contributed by atoms with E-state index >= 15 is 0 Å². The van der Waals surface area contributed by atoms with Gasteiger partial charge < -0.3 is 4.90 Å². The summed E-state index contributed by atoms with van der Waals surface area (Å²) < 4.78 is 13.7. The summed E-state index contributed by atoms with van der Waals surface area (Å²) in [6, 6.07) is 8.57. The molecule has 0 amide bonds. The molecule has 2 nitrogen and oxygen atoms in total. The van der Waals surface area contributed by atoms with Crippen molar-refractivity contribution in [2.45, 2.75) is 6.54 Å². The molecule has 16 heavy (non-hydrogen) atoms. The van der Waals surface area contributed by atoms with Crippen molar-refractivity contribution >= 4 is 28.8 Å². The van der Waals surface area contributed by atoms with E-state index in [0.29, 0.717) is 12.4 Å². The summed E-state index contributed by atoms with van der Waals surface area (Å²) in [5.41, 5.74) is 0. The van der Waals surface area contributed by atoms with Crippen LogP contribution in [0.2, 0.25) is 4.34 Å². The predicted molar refractivity (Wildman–Crippen MR) is 65.6 cm³/mol. The maximum Gasteiger partial charge on any atom is 0.214 e. The van der Waals surface area contributed by atoms with Crippen molar-refractivity contribution < 1.29 is 4.39 Å². The highest BCUT2D eigenvalue weighted by Crippen LogP contribution is 2.23. The van der Waals surface area contributed by atoms with E-state index in [1.165, 1.54) is 17.4 Å². The molecule has 0 aliphatic heterocycles. The Kier molecular flexibility index (Phi) is 3.41. The van der Waals surface area contributed by atoms with Crippen molar-refractivity contribution in [3.05, 3.63) is 45.5 Å². The van der Waals surface area contributed by atoms with Crippen LogP contribution in [0.1, 0.15) is 4.88 Å². The zero-order valence-corrected chi connectivity index (χ0v) is 10.2. The first kappa shape index (κ1) is 11.4. The second-order valence-corrected chi connectivity index (χ2v) is 5.18. The lowest BCUT2D eigenvalue weighted by Crippen LogP contribution is -2.17. The summed E-state index contributed by atoms with van der Waals surface area (Å²) >= 11 is 7.36. The van der Waals surface area contributed by atoms with Gasteiger partial charge in [-0.3, -0.25) is 0 Å². The van der Waals surface area contributed by atoms with E-state index in [-0.39, 0.29) is 0 Å². The minimum absolute atomic E-state index is 0.464. The molecule has 2 aromatic heterocycles. The maximum atomic E-state index is 12.9. The van der Waals surface area contributed by atoms with Gasteiger partial charge >= 0.3 is 0 Å². The van der Waals surface area contributed by atoms with Gasteiger partial charge in [-0.15, -0.1) is 11.3 Å². The van der Waals surface area contributed by atoms with E-state index in [9.17, 15) is 4.39 Å². The smallest absolute Gasteiger partial charge is 0.214 e. The summed E-state index contributed by atoms with van der Waals surface area (Å²) in [7, 11) is 1.87. The lowest BCUT2D eigenvalue weighted by molar-refractivity contribution is 0.582. The lowest BCUT2D eigenvalue weighted by Gasteiger charge is -2.16. The van der Waals surface area contributed by atoms with Gasteiger partial charge in [0.15, 0.2) is 0 Å². The number of hydrogen-bond donors (Lipinski definition) is 0. The molecule has 0 spiro atoms. The highest BCUT2D eigenvalue weighted by atomic mass is 35.5. The Morgan fingerprint density at radius 3 is 2.81 bits per heavy atom. The van der Waals surface area contributed by atoms with Gasteiger partial charge in [-0.05, 0) is 24.3 Å². The van der Waals surface area contributed by atoms with Gasteiger partial charge in [0.05, 0.1) is 10.9 Å². The maximum absolute atomic E-state index is 12.9. The van der Waals surface area contributed by atoms with E-state index in [1.807, 2.05) is 24.1 Å². The Balaban J connectivity index is 2.11. The van der Waals surface area contributed by atoms with Crippen molar-refractivity contribution in [2.24, 2.45) is 0 Å². The topological polar surface area (TPSA) is 16.1 Å². The van der Waals surface area contributed by atoms with Crippen LogP contribution in [0, 0.1) is 5.95 Å². The zero-order valence-electron chi connectivity index (χ0n) is 8.65. The van der Waals surface area contributed by atoms with E-state index in [2.05, 4.69) is 4.98 Å². The van der Waals surface area contributed by atoms with Gasteiger partial charge in [0.2, 0.25) is 5.95 Å². The number of aromatic nitrogens is 1. The van der Waals surface area contributed by atoms with Crippen molar-refractivity contribution in [2.75, 3.05) is 11.9 Å². The molecule has 0 unspecified atom stereocenters. The highest BCUT2D eigenvalue weighted by molar-refractivity contribution is 7.16. The molecule has 2 aromatic rings.